The summed E-state index contributed by atoms with van der Waals surface area (Å²) in [4.78, 5) is 40.1. The third-order valence-corrected chi connectivity index (χ3v) is 4.34. The lowest BCUT2D eigenvalue weighted by molar-refractivity contribution is 0.0600. The first kappa shape index (κ1) is 19.5. The Bertz CT molecular complexity index is 860. The summed E-state index contributed by atoms with van der Waals surface area (Å²) in [5.74, 6) is -1.17. The molecule has 1 unspecified atom stereocenters. The summed E-state index contributed by atoms with van der Waals surface area (Å²) >= 11 is 0. The molecular formula is C20H21N3O5. The van der Waals surface area contributed by atoms with Crippen LogP contribution in [-0.2, 0) is 9.47 Å². The zero-order valence-electron chi connectivity index (χ0n) is 15.4. The summed E-state index contributed by atoms with van der Waals surface area (Å²) in [7, 11) is 1.30. The standard InChI is InChI=1S/C20H21N3O5/c1-27-20(26)13-4-6-16(7-5-13)23-19(25)15-9-14(10-21-11-15)18(24)22-12-17-3-2-8-28-17/h4-7,9-11,17H,2-3,8,12H2,1H3,(H,22,24)(H,23,25). The van der Waals surface area contributed by atoms with Gasteiger partial charge in [0.1, 0.15) is 0 Å². The Morgan fingerprint density at radius 1 is 1.11 bits per heavy atom. The van der Waals surface area contributed by atoms with Crippen LogP contribution in [0.3, 0.4) is 0 Å². The molecule has 28 heavy (non-hydrogen) atoms. The second kappa shape index (κ2) is 9.09. The lowest BCUT2D eigenvalue weighted by Gasteiger charge is -2.11. The number of methoxy groups -OCH3 is 1. The van der Waals surface area contributed by atoms with Crippen molar-refractivity contribution in [2.75, 3.05) is 25.6 Å². The van der Waals surface area contributed by atoms with Crippen molar-refractivity contribution < 1.29 is 23.9 Å². The molecule has 1 saturated heterocycles. The van der Waals surface area contributed by atoms with Gasteiger partial charge in [0.15, 0.2) is 0 Å². The van der Waals surface area contributed by atoms with E-state index in [9.17, 15) is 14.4 Å². The topological polar surface area (TPSA) is 107 Å². The number of amides is 2. The molecule has 0 bridgehead atoms. The second-order valence-corrected chi connectivity index (χ2v) is 6.33. The third-order valence-electron chi connectivity index (χ3n) is 4.34. The van der Waals surface area contributed by atoms with Crippen molar-refractivity contribution in [3.63, 3.8) is 0 Å². The van der Waals surface area contributed by atoms with Gasteiger partial charge in [0, 0.05) is 31.2 Å². The van der Waals surface area contributed by atoms with Gasteiger partial charge in [-0.25, -0.2) is 4.79 Å². The molecule has 2 N–H and O–H groups in total. The van der Waals surface area contributed by atoms with Gasteiger partial charge in [0.2, 0.25) is 0 Å². The van der Waals surface area contributed by atoms with Crippen LogP contribution >= 0.6 is 0 Å². The predicted molar refractivity (Wildman–Crippen MR) is 101 cm³/mol. The Hall–Kier alpha value is -3.26. The lowest BCUT2D eigenvalue weighted by Crippen LogP contribution is -2.32. The quantitative estimate of drug-likeness (QED) is 0.739. The van der Waals surface area contributed by atoms with E-state index in [2.05, 4.69) is 20.4 Å². The van der Waals surface area contributed by atoms with E-state index in [4.69, 9.17) is 4.74 Å². The maximum Gasteiger partial charge on any atom is 0.337 e. The van der Waals surface area contributed by atoms with Gasteiger partial charge >= 0.3 is 5.97 Å². The maximum absolute atomic E-state index is 12.4. The minimum atomic E-state index is -0.455. The molecule has 0 radical (unpaired) electrons. The molecule has 8 nitrogen and oxygen atoms in total. The molecule has 1 aromatic heterocycles. The fourth-order valence-electron chi connectivity index (χ4n) is 2.81. The molecule has 1 fully saturated rings. The van der Waals surface area contributed by atoms with Gasteiger partial charge in [0.05, 0.1) is 29.9 Å². The van der Waals surface area contributed by atoms with E-state index in [1.807, 2.05) is 0 Å². The molecular weight excluding hydrogens is 362 g/mol. The zero-order chi connectivity index (χ0) is 19.9. The first-order valence-electron chi connectivity index (χ1n) is 8.91. The van der Waals surface area contributed by atoms with E-state index in [-0.39, 0.29) is 17.6 Å². The van der Waals surface area contributed by atoms with E-state index in [1.54, 1.807) is 24.3 Å². The molecule has 2 heterocycles. The number of aromatic nitrogens is 1. The number of benzene rings is 1. The van der Waals surface area contributed by atoms with Crippen LogP contribution < -0.4 is 10.6 Å². The number of hydrogen-bond donors (Lipinski definition) is 2. The highest BCUT2D eigenvalue weighted by atomic mass is 16.5. The van der Waals surface area contributed by atoms with Crippen LogP contribution in [0.5, 0.6) is 0 Å². The number of pyridine rings is 1. The van der Waals surface area contributed by atoms with Crippen LogP contribution in [-0.4, -0.2) is 49.1 Å². The minimum absolute atomic E-state index is 0.0383. The van der Waals surface area contributed by atoms with Gasteiger partial charge < -0.3 is 20.1 Å². The van der Waals surface area contributed by atoms with Crippen LogP contribution in [0.25, 0.3) is 0 Å². The molecule has 1 atom stereocenters. The largest absolute Gasteiger partial charge is 0.465 e. The van der Waals surface area contributed by atoms with Crippen molar-refractivity contribution in [2.24, 2.45) is 0 Å². The van der Waals surface area contributed by atoms with Crippen molar-refractivity contribution in [3.8, 4) is 0 Å². The molecule has 2 aromatic rings. The van der Waals surface area contributed by atoms with Crippen LogP contribution in [0.1, 0.15) is 43.9 Å². The summed E-state index contributed by atoms with van der Waals surface area (Å²) in [5, 5.41) is 5.50. The normalized spacial score (nSPS) is 15.7. The Labute approximate surface area is 162 Å². The van der Waals surface area contributed by atoms with Gasteiger partial charge in [0.25, 0.3) is 11.8 Å². The number of esters is 1. The van der Waals surface area contributed by atoms with Gasteiger partial charge in [-0.15, -0.1) is 0 Å². The average molecular weight is 383 g/mol. The van der Waals surface area contributed by atoms with Crippen molar-refractivity contribution in [3.05, 3.63) is 59.4 Å². The van der Waals surface area contributed by atoms with Crippen LogP contribution in [0.15, 0.2) is 42.7 Å². The van der Waals surface area contributed by atoms with E-state index in [0.29, 0.717) is 23.4 Å². The van der Waals surface area contributed by atoms with Gasteiger partial charge in [-0.05, 0) is 43.2 Å². The van der Waals surface area contributed by atoms with Crippen molar-refractivity contribution >= 4 is 23.5 Å². The SMILES string of the molecule is COC(=O)c1ccc(NC(=O)c2cncc(C(=O)NCC3CCCO3)c2)cc1. The number of carbonyl (C=O) groups excluding carboxylic acids is 3. The van der Waals surface area contributed by atoms with E-state index in [1.165, 1.54) is 25.6 Å². The first-order valence-corrected chi connectivity index (χ1v) is 8.91. The predicted octanol–water partition coefficient (Wildman–Crippen LogP) is 2.03. The maximum atomic E-state index is 12.4. The van der Waals surface area contributed by atoms with E-state index < -0.39 is 11.9 Å². The molecule has 1 aliphatic rings. The minimum Gasteiger partial charge on any atom is -0.465 e. The Kier molecular flexibility index (Phi) is 6.33. The summed E-state index contributed by atoms with van der Waals surface area (Å²) in [5.41, 5.74) is 1.44. The number of nitrogens with zero attached hydrogens (tertiary/aromatic N) is 1. The second-order valence-electron chi connectivity index (χ2n) is 6.33. The third kappa shape index (κ3) is 4.92. The number of rotatable bonds is 6. The Morgan fingerprint density at radius 3 is 2.46 bits per heavy atom. The van der Waals surface area contributed by atoms with Gasteiger partial charge in [-0.2, -0.15) is 0 Å². The highest BCUT2D eigenvalue weighted by Crippen LogP contribution is 2.13. The number of hydrogen-bond acceptors (Lipinski definition) is 6. The monoisotopic (exact) mass is 383 g/mol. The fourth-order valence-corrected chi connectivity index (χ4v) is 2.81. The van der Waals surface area contributed by atoms with Crippen LogP contribution in [0.2, 0.25) is 0 Å². The molecule has 146 valence electrons. The summed E-state index contributed by atoms with van der Waals surface area (Å²) < 4.78 is 10.1. The Balaban J connectivity index is 1.61. The average Bonchev–Trinajstić information content (AvgIpc) is 3.25. The van der Waals surface area contributed by atoms with E-state index in [0.717, 1.165) is 19.4 Å². The zero-order valence-corrected chi connectivity index (χ0v) is 15.4. The van der Waals surface area contributed by atoms with Crippen molar-refractivity contribution in [2.45, 2.75) is 18.9 Å². The van der Waals surface area contributed by atoms with Crippen molar-refractivity contribution in [1.29, 1.82) is 0 Å². The summed E-state index contributed by atoms with van der Waals surface area (Å²) in [6.45, 7) is 1.15. The molecule has 1 aliphatic heterocycles. The van der Waals surface area contributed by atoms with Crippen molar-refractivity contribution in [1.82, 2.24) is 10.3 Å². The number of carbonyl (C=O) groups is 3. The highest BCUT2D eigenvalue weighted by Gasteiger charge is 2.17. The summed E-state index contributed by atoms with van der Waals surface area (Å²) in [6.07, 6.45) is 4.76. The molecule has 1 aromatic carbocycles. The molecule has 0 spiro atoms. The lowest BCUT2D eigenvalue weighted by atomic mass is 10.1. The Morgan fingerprint density at radius 2 is 1.82 bits per heavy atom. The summed E-state index contributed by atoms with van der Waals surface area (Å²) in [6, 6.07) is 7.77. The smallest absolute Gasteiger partial charge is 0.337 e. The number of ether oxygens (including phenoxy) is 2. The van der Waals surface area contributed by atoms with Gasteiger partial charge in [-0.3, -0.25) is 14.6 Å². The number of nitrogens with one attached hydrogen (secondary N) is 2. The molecule has 3 rings (SSSR count). The molecule has 0 aliphatic carbocycles. The molecule has 2 amide bonds. The molecule has 0 saturated carbocycles. The fraction of sp³-hybridized carbons (Fsp3) is 0.300. The number of anilines is 1. The van der Waals surface area contributed by atoms with Gasteiger partial charge in [-0.1, -0.05) is 0 Å². The van der Waals surface area contributed by atoms with Crippen LogP contribution in [0.4, 0.5) is 5.69 Å². The highest BCUT2D eigenvalue weighted by molar-refractivity contribution is 6.06. The first-order chi connectivity index (χ1) is 13.6. The van der Waals surface area contributed by atoms with E-state index >= 15 is 0 Å². The molecule has 8 heteroatoms. The van der Waals surface area contributed by atoms with Crippen LogP contribution in [0, 0.1) is 0 Å².